The van der Waals surface area contributed by atoms with E-state index in [1.165, 1.54) is 36.8 Å². The first-order valence-electron chi connectivity index (χ1n) is 12.1. The van der Waals surface area contributed by atoms with Gasteiger partial charge in [-0.05, 0) is 56.6 Å². The van der Waals surface area contributed by atoms with E-state index >= 15 is 0 Å². The summed E-state index contributed by atoms with van der Waals surface area (Å²) < 4.78 is 16.7. The lowest BCUT2D eigenvalue weighted by atomic mass is 10.0. The Kier molecular flexibility index (Phi) is 6.81. The van der Waals surface area contributed by atoms with Crippen molar-refractivity contribution in [2.75, 3.05) is 32.8 Å². The van der Waals surface area contributed by atoms with E-state index < -0.39 is 0 Å². The second-order valence-corrected chi connectivity index (χ2v) is 9.02. The highest BCUT2D eigenvalue weighted by atomic mass is 16.6. The fourth-order valence-corrected chi connectivity index (χ4v) is 4.65. The molecule has 34 heavy (non-hydrogen) atoms. The van der Waals surface area contributed by atoms with E-state index in [2.05, 4.69) is 46.6 Å². The third-order valence-electron chi connectivity index (χ3n) is 6.57. The lowest BCUT2D eigenvalue weighted by Crippen LogP contribution is -2.38. The van der Waals surface area contributed by atoms with Crippen molar-refractivity contribution in [3.8, 4) is 22.8 Å². The van der Waals surface area contributed by atoms with Crippen molar-refractivity contribution in [2.24, 2.45) is 0 Å². The molecule has 0 spiro atoms. The molecule has 1 N–H and O–H groups in total. The molecule has 0 aliphatic carbocycles. The molecule has 7 heteroatoms. The third-order valence-corrected chi connectivity index (χ3v) is 6.57. The van der Waals surface area contributed by atoms with Crippen LogP contribution in [0.4, 0.5) is 0 Å². The predicted octanol–water partition coefficient (Wildman–Crippen LogP) is 4.77. The van der Waals surface area contributed by atoms with Crippen molar-refractivity contribution in [3.63, 3.8) is 0 Å². The summed E-state index contributed by atoms with van der Waals surface area (Å²) in [6.45, 7) is 5.77. The Morgan fingerprint density at radius 3 is 2.47 bits per heavy atom. The van der Waals surface area contributed by atoms with Crippen LogP contribution in [0.2, 0.25) is 0 Å². The summed E-state index contributed by atoms with van der Waals surface area (Å²) in [6.07, 6.45) is 4.92. The number of aryl methyl sites for hydroxylation is 1. The zero-order chi connectivity index (χ0) is 23.3. The van der Waals surface area contributed by atoms with E-state index in [-0.39, 0.29) is 17.6 Å². The second kappa shape index (κ2) is 10.3. The van der Waals surface area contributed by atoms with Gasteiger partial charge >= 0.3 is 0 Å². The summed E-state index contributed by atoms with van der Waals surface area (Å²) in [5, 5.41) is 7.12. The minimum Gasteiger partial charge on any atom is -0.486 e. The zero-order valence-electron chi connectivity index (χ0n) is 19.6. The van der Waals surface area contributed by atoms with Crippen LogP contribution in [-0.2, 0) is 0 Å². The van der Waals surface area contributed by atoms with Crippen molar-refractivity contribution < 1.29 is 18.8 Å². The van der Waals surface area contributed by atoms with E-state index in [0.717, 1.165) is 18.7 Å². The van der Waals surface area contributed by atoms with Crippen LogP contribution in [0.1, 0.15) is 53.3 Å². The van der Waals surface area contributed by atoms with E-state index in [9.17, 15) is 4.79 Å². The Hall–Kier alpha value is -3.32. The van der Waals surface area contributed by atoms with Crippen LogP contribution in [0.3, 0.4) is 0 Å². The zero-order valence-corrected chi connectivity index (χ0v) is 19.6. The molecule has 3 aromatic rings. The fourth-order valence-electron chi connectivity index (χ4n) is 4.65. The Morgan fingerprint density at radius 1 is 0.971 bits per heavy atom. The van der Waals surface area contributed by atoms with Crippen molar-refractivity contribution in [1.82, 2.24) is 15.4 Å². The van der Waals surface area contributed by atoms with Crippen molar-refractivity contribution in [2.45, 2.75) is 38.6 Å². The highest BCUT2D eigenvalue weighted by Gasteiger charge is 2.23. The molecule has 1 unspecified atom stereocenters. The van der Waals surface area contributed by atoms with Gasteiger partial charge in [0.1, 0.15) is 13.2 Å². The van der Waals surface area contributed by atoms with Crippen LogP contribution in [0.15, 0.2) is 53.1 Å². The van der Waals surface area contributed by atoms with E-state index in [1.54, 1.807) is 6.07 Å². The normalized spacial score (nSPS) is 17.1. The number of carbonyl (C=O) groups excluding carboxylic acids is 1. The first-order chi connectivity index (χ1) is 16.7. The summed E-state index contributed by atoms with van der Waals surface area (Å²) in [4.78, 5) is 15.5. The molecule has 1 saturated heterocycles. The molecule has 1 amide bonds. The van der Waals surface area contributed by atoms with Crippen LogP contribution in [-0.4, -0.2) is 48.8 Å². The molecule has 178 valence electrons. The number of aromatic nitrogens is 1. The second-order valence-electron chi connectivity index (χ2n) is 9.02. The van der Waals surface area contributed by atoms with Crippen molar-refractivity contribution in [1.29, 1.82) is 0 Å². The van der Waals surface area contributed by atoms with Crippen molar-refractivity contribution >= 4 is 5.91 Å². The molecule has 0 saturated carbocycles. The van der Waals surface area contributed by atoms with Gasteiger partial charge in [-0.25, -0.2) is 0 Å². The Balaban J connectivity index is 1.29. The minimum absolute atomic E-state index is 0.131. The van der Waals surface area contributed by atoms with Crippen LogP contribution < -0.4 is 14.8 Å². The monoisotopic (exact) mass is 461 g/mol. The van der Waals surface area contributed by atoms with E-state index in [4.69, 9.17) is 14.0 Å². The number of fused-ring (bicyclic) bond motifs is 1. The van der Waals surface area contributed by atoms with Crippen molar-refractivity contribution in [3.05, 3.63) is 65.4 Å². The minimum atomic E-state index is -0.237. The van der Waals surface area contributed by atoms with Gasteiger partial charge in [-0.3, -0.25) is 9.69 Å². The van der Waals surface area contributed by atoms with Crippen LogP contribution in [0.5, 0.6) is 11.5 Å². The van der Waals surface area contributed by atoms with Crippen LogP contribution in [0, 0.1) is 6.92 Å². The summed E-state index contributed by atoms with van der Waals surface area (Å²) in [5.41, 5.74) is 3.52. The number of likely N-dealkylation sites (tertiary alicyclic amines) is 1. The molecular formula is C27H31N3O4. The van der Waals surface area contributed by atoms with Crippen LogP contribution >= 0.6 is 0 Å². The average Bonchev–Trinajstić information content (AvgIpc) is 3.22. The predicted molar refractivity (Wildman–Crippen MR) is 129 cm³/mol. The molecule has 5 rings (SSSR count). The Bertz CT molecular complexity index is 1120. The lowest BCUT2D eigenvalue weighted by Gasteiger charge is -2.31. The van der Waals surface area contributed by atoms with E-state index in [1.807, 2.05) is 18.2 Å². The molecule has 2 aliphatic rings. The molecular weight excluding hydrogens is 430 g/mol. The van der Waals surface area contributed by atoms with Gasteiger partial charge in [0.15, 0.2) is 23.0 Å². The molecule has 0 radical (unpaired) electrons. The summed E-state index contributed by atoms with van der Waals surface area (Å²) in [7, 11) is 0. The van der Waals surface area contributed by atoms with Gasteiger partial charge in [0.05, 0.1) is 6.04 Å². The number of amides is 1. The van der Waals surface area contributed by atoms with Gasteiger partial charge in [-0.15, -0.1) is 0 Å². The lowest BCUT2D eigenvalue weighted by molar-refractivity contribution is 0.0924. The van der Waals surface area contributed by atoms with Crippen LogP contribution in [0.25, 0.3) is 11.3 Å². The maximum atomic E-state index is 13.0. The molecule has 3 heterocycles. The molecule has 7 nitrogen and oxygen atoms in total. The Labute approximate surface area is 200 Å². The Morgan fingerprint density at radius 2 is 1.71 bits per heavy atom. The number of carbonyl (C=O) groups is 1. The number of benzene rings is 2. The topological polar surface area (TPSA) is 76.8 Å². The molecule has 1 fully saturated rings. The average molecular weight is 462 g/mol. The molecule has 2 aliphatic heterocycles. The maximum Gasteiger partial charge on any atom is 0.273 e. The number of nitrogens with zero attached hydrogens (tertiary/aromatic N) is 2. The summed E-state index contributed by atoms with van der Waals surface area (Å²) in [6, 6.07) is 16.0. The highest BCUT2D eigenvalue weighted by molar-refractivity contribution is 5.93. The molecule has 0 bridgehead atoms. The maximum absolute atomic E-state index is 13.0. The number of ether oxygens (including phenoxy) is 2. The quantitative estimate of drug-likeness (QED) is 0.570. The largest absolute Gasteiger partial charge is 0.486 e. The fraction of sp³-hybridized carbons (Fsp3) is 0.407. The van der Waals surface area contributed by atoms with Gasteiger partial charge in [-0.1, -0.05) is 47.8 Å². The van der Waals surface area contributed by atoms with E-state index in [0.29, 0.717) is 37.0 Å². The molecule has 1 aromatic heterocycles. The number of nitrogens with one attached hydrogen (secondary N) is 1. The number of hydrogen-bond donors (Lipinski definition) is 1. The first kappa shape index (κ1) is 22.5. The standard InChI is InChI=1S/C27H31N3O4/c1-19-6-8-20(9-7-19)23(30-12-4-2-3-5-13-30)18-28-27(31)22-17-25(34-29-22)21-10-11-24-26(16-21)33-15-14-32-24/h6-11,16-17,23H,2-5,12-15,18H2,1H3,(H,28,31). The highest BCUT2D eigenvalue weighted by Crippen LogP contribution is 2.34. The number of rotatable bonds is 6. The smallest absolute Gasteiger partial charge is 0.273 e. The summed E-state index contributed by atoms with van der Waals surface area (Å²) >= 11 is 0. The van der Waals surface area contributed by atoms with Gasteiger partial charge in [0, 0.05) is 18.2 Å². The molecule has 2 aromatic carbocycles. The molecule has 1 atom stereocenters. The first-order valence-corrected chi connectivity index (χ1v) is 12.1. The van der Waals surface area contributed by atoms with Gasteiger partial charge in [-0.2, -0.15) is 0 Å². The third kappa shape index (κ3) is 5.09. The van der Waals surface area contributed by atoms with Gasteiger partial charge < -0.3 is 19.3 Å². The van der Waals surface area contributed by atoms with Gasteiger partial charge in [0.25, 0.3) is 5.91 Å². The summed E-state index contributed by atoms with van der Waals surface area (Å²) in [5.74, 6) is 1.66. The number of hydrogen-bond acceptors (Lipinski definition) is 6. The SMILES string of the molecule is Cc1ccc(C(CNC(=O)c2cc(-c3ccc4c(c3)OCCO4)on2)N2CCCCCC2)cc1. The van der Waals surface area contributed by atoms with Gasteiger partial charge in [0.2, 0.25) is 0 Å².